The molecular formula is C36H26I2N4O4S. The van der Waals surface area contributed by atoms with Gasteiger partial charge in [-0.25, -0.2) is 4.99 Å². The van der Waals surface area contributed by atoms with E-state index in [-0.39, 0.29) is 18.1 Å². The zero-order valence-corrected chi connectivity index (χ0v) is 30.3. The summed E-state index contributed by atoms with van der Waals surface area (Å²) in [6.07, 6.45) is 1.81. The lowest BCUT2D eigenvalue weighted by Crippen LogP contribution is -2.40. The molecule has 234 valence electrons. The number of ether oxygens (including phenoxy) is 2. The Morgan fingerprint density at radius 3 is 2.60 bits per heavy atom. The van der Waals surface area contributed by atoms with Crippen LogP contribution in [-0.4, -0.2) is 17.6 Å². The number of hydrogen-bond acceptors (Lipinski definition) is 7. The standard InChI is InChI=1S/C36H26I2N4O4S/c1-21-31(34(43)41-27-12-4-3-5-13-27)32(22-11-8-14-28(16-22)45-2)42-35(44)30(47-36(42)40-21)17-25-15-26(37)18-29(38)33(25)46-20-24-10-7-6-9-23(24)19-39/h3-18,32H,20H2,1-2H3,(H,41,43)/b30-17-/t32-/m1/s1. The average molecular weight is 865 g/mol. The Morgan fingerprint density at radius 2 is 1.83 bits per heavy atom. The Morgan fingerprint density at radius 1 is 1.06 bits per heavy atom. The van der Waals surface area contributed by atoms with Crippen molar-refractivity contribution >= 4 is 74.2 Å². The normalized spacial score (nSPS) is 14.2. The minimum absolute atomic E-state index is 0.192. The van der Waals surface area contributed by atoms with Crippen molar-refractivity contribution in [1.29, 1.82) is 5.26 Å². The van der Waals surface area contributed by atoms with Crippen LogP contribution in [0.2, 0.25) is 0 Å². The molecule has 0 fully saturated rings. The summed E-state index contributed by atoms with van der Waals surface area (Å²) in [6.45, 7) is 1.98. The highest BCUT2D eigenvalue weighted by atomic mass is 127. The van der Waals surface area contributed by atoms with Crippen LogP contribution in [0.5, 0.6) is 11.5 Å². The summed E-state index contributed by atoms with van der Waals surface area (Å²) >= 11 is 5.72. The maximum absolute atomic E-state index is 14.3. The van der Waals surface area contributed by atoms with Gasteiger partial charge in [-0.2, -0.15) is 5.26 Å². The fourth-order valence-electron chi connectivity index (χ4n) is 5.34. The Labute approximate surface area is 302 Å². The van der Waals surface area contributed by atoms with E-state index in [2.05, 4.69) is 56.6 Å². The number of benzene rings is 4. The molecular weight excluding hydrogens is 838 g/mol. The van der Waals surface area contributed by atoms with E-state index in [1.54, 1.807) is 24.7 Å². The number of para-hydroxylation sites is 1. The van der Waals surface area contributed by atoms with E-state index in [4.69, 9.17) is 14.5 Å². The van der Waals surface area contributed by atoms with Crippen molar-refractivity contribution in [1.82, 2.24) is 4.57 Å². The number of amides is 1. The monoisotopic (exact) mass is 864 g/mol. The number of allylic oxidation sites excluding steroid dienone is 1. The molecule has 0 spiro atoms. The van der Waals surface area contributed by atoms with Crippen LogP contribution in [0.3, 0.4) is 0 Å². The van der Waals surface area contributed by atoms with Gasteiger partial charge in [0.05, 0.1) is 44.2 Å². The number of nitrogens with one attached hydrogen (secondary N) is 1. The first-order chi connectivity index (χ1) is 22.8. The van der Waals surface area contributed by atoms with Crippen molar-refractivity contribution in [2.75, 3.05) is 12.4 Å². The smallest absolute Gasteiger partial charge is 0.271 e. The van der Waals surface area contributed by atoms with Crippen molar-refractivity contribution in [2.24, 2.45) is 4.99 Å². The molecule has 1 aliphatic rings. The van der Waals surface area contributed by atoms with E-state index in [1.165, 1.54) is 11.3 Å². The fourth-order valence-corrected chi connectivity index (χ4v) is 8.43. The molecule has 0 aliphatic carbocycles. The molecule has 8 nitrogen and oxygen atoms in total. The maximum Gasteiger partial charge on any atom is 0.271 e. The molecule has 0 radical (unpaired) electrons. The van der Waals surface area contributed by atoms with Gasteiger partial charge in [0.25, 0.3) is 11.5 Å². The summed E-state index contributed by atoms with van der Waals surface area (Å²) in [6, 6.07) is 29.3. The van der Waals surface area contributed by atoms with E-state index in [9.17, 15) is 14.9 Å². The Kier molecular flexibility index (Phi) is 9.90. The summed E-state index contributed by atoms with van der Waals surface area (Å²) in [5, 5.41) is 12.5. The number of aromatic nitrogens is 1. The van der Waals surface area contributed by atoms with Crippen LogP contribution < -0.4 is 29.7 Å². The molecule has 2 heterocycles. The van der Waals surface area contributed by atoms with Gasteiger partial charge in [-0.05, 0) is 106 Å². The third-order valence-electron chi connectivity index (χ3n) is 7.54. The first kappa shape index (κ1) is 32.7. The van der Waals surface area contributed by atoms with Crippen molar-refractivity contribution < 1.29 is 14.3 Å². The SMILES string of the molecule is COc1cccc([C@@H]2C(C(=O)Nc3ccccc3)=C(C)N=c3s/c(=C\c4cc(I)cc(I)c4OCc4ccccc4C#N)c(=O)n32)c1. The highest BCUT2D eigenvalue weighted by Gasteiger charge is 2.33. The number of hydrogen-bond donors (Lipinski definition) is 1. The molecule has 1 N–H and O–H groups in total. The Balaban J connectivity index is 1.47. The number of carbonyl (C=O) groups is 1. The molecule has 1 atom stereocenters. The second-order valence-corrected chi connectivity index (χ2v) is 14.0. The highest BCUT2D eigenvalue weighted by molar-refractivity contribution is 14.1. The maximum atomic E-state index is 14.3. The summed E-state index contributed by atoms with van der Waals surface area (Å²) in [5.41, 5.74) is 3.98. The minimum atomic E-state index is -0.749. The summed E-state index contributed by atoms with van der Waals surface area (Å²) in [4.78, 5) is 33.5. The van der Waals surface area contributed by atoms with Crippen LogP contribution in [0, 0.1) is 18.5 Å². The Bertz CT molecular complexity index is 2270. The largest absolute Gasteiger partial charge is 0.497 e. The van der Waals surface area contributed by atoms with Crippen LogP contribution in [0.1, 0.15) is 35.2 Å². The second kappa shape index (κ2) is 14.2. The average Bonchev–Trinajstić information content (AvgIpc) is 3.37. The van der Waals surface area contributed by atoms with Gasteiger partial charge in [-0.15, -0.1) is 0 Å². The number of halogens is 2. The molecule has 0 unspecified atom stereocenters. The fraction of sp³-hybridized carbons (Fsp3) is 0.111. The van der Waals surface area contributed by atoms with Crippen molar-refractivity contribution in [3.05, 3.63) is 151 Å². The first-order valence-corrected chi connectivity index (χ1v) is 17.4. The number of fused-ring (bicyclic) bond motifs is 1. The molecule has 1 aromatic heterocycles. The van der Waals surface area contributed by atoms with Gasteiger partial charge < -0.3 is 14.8 Å². The van der Waals surface area contributed by atoms with Gasteiger partial charge in [-0.1, -0.05) is 59.9 Å². The third kappa shape index (κ3) is 6.90. The molecule has 0 saturated carbocycles. The van der Waals surface area contributed by atoms with E-state index in [0.717, 1.165) is 18.3 Å². The van der Waals surface area contributed by atoms with Gasteiger partial charge >= 0.3 is 0 Å². The van der Waals surface area contributed by atoms with Crippen LogP contribution >= 0.6 is 56.5 Å². The summed E-state index contributed by atoms with van der Waals surface area (Å²) in [5.74, 6) is 0.864. The molecule has 6 rings (SSSR count). The van der Waals surface area contributed by atoms with E-state index in [1.807, 2.05) is 91.0 Å². The Hall–Kier alpha value is -4.26. The van der Waals surface area contributed by atoms with Gasteiger partial charge in [0.15, 0.2) is 4.80 Å². The molecule has 1 amide bonds. The van der Waals surface area contributed by atoms with Crippen LogP contribution in [0.4, 0.5) is 5.69 Å². The quantitative estimate of drug-likeness (QED) is 0.179. The number of rotatable bonds is 8. The molecule has 0 bridgehead atoms. The third-order valence-corrected chi connectivity index (χ3v) is 9.95. The van der Waals surface area contributed by atoms with Gasteiger partial charge in [0.1, 0.15) is 18.1 Å². The number of thiazole rings is 1. The minimum Gasteiger partial charge on any atom is -0.497 e. The lowest BCUT2D eigenvalue weighted by Gasteiger charge is -2.25. The van der Waals surface area contributed by atoms with Crippen molar-refractivity contribution in [2.45, 2.75) is 19.6 Å². The van der Waals surface area contributed by atoms with Gasteiger partial charge in [-0.3, -0.25) is 14.2 Å². The van der Waals surface area contributed by atoms with Crippen LogP contribution in [0.25, 0.3) is 6.08 Å². The first-order valence-electron chi connectivity index (χ1n) is 14.4. The molecule has 11 heteroatoms. The highest BCUT2D eigenvalue weighted by Crippen LogP contribution is 2.33. The van der Waals surface area contributed by atoms with Crippen LogP contribution in [-0.2, 0) is 11.4 Å². The zero-order valence-electron chi connectivity index (χ0n) is 25.2. The molecule has 47 heavy (non-hydrogen) atoms. The summed E-state index contributed by atoms with van der Waals surface area (Å²) < 4.78 is 15.7. The predicted molar refractivity (Wildman–Crippen MR) is 199 cm³/mol. The number of nitriles is 1. The van der Waals surface area contributed by atoms with Gasteiger partial charge in [0, 0.05) is 20.4 Å². The number of nitrogens with zero attached hydrogens (tertiary/aromatic N) is 3. The zero-order chi connectivity index (χ0) is 33.1. The number of carbonyl (C=O) groups excluding carboxylic acids is 1. The van der Waals surface area contributed by atoms with E-state index >= 15 is 0 Å². The lowest BCUT2D eigenvalue weighted by atomic mass is 9.95. The molecule has 0 saturated heterocycles. The van der Waals surface area contributed by atoms with Crippen LogP contribution in [0.15, 0.2) is 112 Å². The lowest BCUT2D eigenvalue weighted by molar-refractivity contribution is -0.113. The second-order valence-electron chi connectivity index (χ2n) is 10.5. The number of methoxy groups -OCH3 is 1. The van der Waals surface area contributed by atoms with Gasteiger partial charge in [0.2, 0.25) is 0 Å². The van der Waals surface area contributed by atoms with Crippen molar-refractivity contribution in [3.63, 3.8) is 0 Å². The molecule has 4 aromatic carbocycles. The topological polar surface area (TPSA) is 106 Å². The predicted octanol–water partition coefficient (Wildman–Crippen LogP) is 6.54. The van der Waals surface area contributed by atoms with Crippen molar-refractivity contribution in [3.8, 4) is 17.6 Å². The molecule has 1 aliphatic heterocycles. The van der Waals surface area contributed by atoms with E-state index < -0.39 is 6.04 Å². The molecule has 5 aromatic rings. The van der Waals surface area contributed by atoms with E-state index in [0.29, 0.717) is 48.9 Å². The number of anilines is 1. The summed E-state index contributed by atoms with van der Waals surface area (Å²) in [7, 11) is 1.58.